The van der Waals surface area contributed by atoms with Gasteiger partial charge in [-0.3, -0.25) is 0 Å². The van der Waals surface area contributed by atoms with E-state index in [0.29, 0.717) is 26.2 Å². The zero-order valence-electron chi connectivity index (χ0n) is 12.1. The van der Waals surface area contributed by atoms with Gasteiger partial charge in [0.05, 0.1) is 0 Å². The lowest BCUT2D eigenvalue weighted by Gasteiger charge is -2.36. The molecule has 0 saturated carbocycles. The number of benzene rings is 1. The molecule has 0 atom stereocenters. The van der Waals surface area contributed by atoms with Crippen LogP contribution in [0.15, 0.2) is 24.3 Å². The highest BCUT2D eigenvalue weighted by Crippen LogP contribution is 2.25. The molecule has 5 nitrogen and oxygen atoms in total. The molecule has 21 heavy (non-hydrogen) atoms. The Morgan fingerprint density at radius 1 is 1.05 bits per heavy atom. The predicted octanol–water partition coefficient (Wildman–Crippen LogP) is 0.994. The molecule has 1 N–H and O–H groups in total. The van der Waals surface area contributed by atoms with Crippen LogP contribution in [-0.4, -0.2) is 48.4 Å². The highest BCUT2D eigenvalue weighted by Gasteiger charge is 2.34. The SMILES string of the molecule is O=S(=O)(N1CCC(CO)CC1)N1CCc2ccccc2C1. The summed E-state index contributed by atoms with van der Waals surface area (Å²) in [6, 6.07) is 8.05. The van der Waals surface area contributed by atoms with Gasteiger partial charge in [0.25, 0.3) is 10.2 Å². The van der Waals surface area contributed by atoms with Crippen LogP contribution in [0.5, 0.6) is 0 Å². The summed E-state index contributed by atoms with van der Waals surface area (Å²) in [4.78, 5) is 0. The van der Waals surface area contributed by atoms with E-state index in [9.17, 15) is 8.42 Å². The van der Waals surface area contributed by atoms with E-state index in [4.69, 9.17) is 5.11 Å². The largest absolute Gasteiger partial charge is 0.396 e. The summed E-state index contributed by atoms with van der Waals surface area (Å²) in [6.45, 7) is 2.22. The zero-order valence-corrected chi connectivity index (χ0v) is 12.9. The lowest BCUT2D eigenvalue weighted by Crippen LogP contribution is -2.48. The Morgan fingerprint density at radius 3 is 2.38 bits per heavy atom. The third kappa shape index (κ3) is 2.99. The van der Waals surface area contributed by atoms with E-state index in [0.717, 1.165) is 24.8 Å². The quantitative estimate of drug-likeness (QED) is 0.906. The fraction of sp³-hybridized carbons (Fsp3) is 0.600. The Bertz CT molecular complexity index is 595. The highest BCUT2D eigenvalue weighted by molar-refractivity contribution is 7.86. The average molecular weight is 310 g/mol. The van der Waals surface area contributed by atoms with Gasteiger partial charge in [-0.15, -0.1) is 0 Å². The van der Waals surface area contributed by atoms with Crippen LogP contribution >= 0.6 is 0 Å². The van der Waals surface area contributed by atoms with Crippen LogP contribution in [0.2, 0.25) is 0 Å². The van der Waals surface area contributed by atoms with Crippen molar-refractivity contribution in [2.45, 2.75) is 25.8 Å². The van der Waals surface area contributed by atoms with E-state index in [1.54, 1.807) is 8.61 Å². The molecule has 2 aliphatic rings. The maximum atomic E-state index is 12.7. The van der Waals surface area contributed by atoms with Crippen molar-refractivity contribution in [1.29, 1.82) is 0 Å². The van der Waals surface area contributed by atoms with E-state index in [1.165, 1.54) is 5.56 Å². The molecule has 0 spiro atoms. The fourth-order valence-electron chi connectivity index (χ4n) is 3.15. The maximum absolute atomic E-state index is 12.7. The van der Waals surface area contributed by atoms with E-state index in [1.807, 2.05) is 18.2 Å². The second kappa shape index (κ2) is 6.04. The van der Waals surface area contributed by atoms with Crippen molar-refractivity contribution >= 4 is 10.2 Å². The molecule has 0 bridgehead atoms. The zero-order chi connectivity index (χ0) is 14.9. The molecule has 0 radical (unpaired) electrons. The molecule has 3 rings (SSSR count). The molecule has 116 valence electrons. The van der Waals surface area contributed by atoms with Crippen molar-refractivity contribution in [1.82, 2.24) is 8.61 Å². The van der Waals surface area contributed by atoms with Crippen LogP contribution in [0, 0.1) is 5.92 Å². The molecule has 0 aromatic heterocycles. The number of piperidine rings is 1. The van der Waals surface area contributed by atoms with Crippen molar-refractivity contribution in [2.75, 3.05) is 26.2 Å². The summed E-state index contributed by atoms with van der Waals surface area (Å²) < 4.78 is 28.6. The number of aliphatic hydroxyl groups is 1. The molecule has 2 aliphatic heterocycles. The monoisotopic (exact) mass is 310 g/mol. The molecular weight excluding hydrogens is 288 g/mol. The van der Waals surface area contributed by atoms with E-state index in [-0.39, 0.29) is 12.5 Å². The average Bonchev–Trinajstić information content (AvgIpc) is 2.54. The summed E-state index contributed by atoms with van der Waals surface area (Å²) in [5.41, 5.74) is 2.36. The van der Waals surface area contributed by atoms with E-state index < -0.39 is 10.2 Å². The lowest BCUT2D eigenvalue weighted by atomic mass is 10.00. The second-order valence-electron chi connectivity index (χ2n) is 5.89. The van der Waals surface area contributed by atoms with E-state index >= 15 is 0 Å². The van der Waals surface area contributed by atoms with E-state index in [2.05, 4.69) is 6.07 Å². The topological polar surface area (TPSA) is 60.9 Å². The minimum atomic E-state index is -3.37. The van der Waals surface area contributed by atoms with Crippen molar-refractivity contribution < 1.29 is 13.5 Å². The van der Waals surface area contributed by atoms with Gasteiger partial charge in [0, 0.05) is 32.8 Å². The molecule has 1 aromatic carbocycles. The normalized spacial score (nSPS) is 22.1. The molecule has 0 unspecified atom stereocenters. The number of aliphatic hydroxyl groups excluding tert-OH is 1. The summed E-state index contributed by atoms with van der Waals surface area (Å²) in [6.07, 6.45) is 2.28. The summed E-state index contributed by atoms with van der Waals surface area (Å²) in [7, 11) is -3.37. The first-order chi connectivity index (χ1) is 10.1. The molecule has 0 amide bonds. The van der Waals surface area contributed by atoms with Crippen LogP contribution in [0.25, 0.3) is 0 Å². The number of rotatable bonds is 3. The summed E-state index contributed by atoms with van der Waals surface area (Å²) >= 11 is 0. The first kappa shape index (κ1) is 15.0. The molecule has 1 aromatic rings. The number of hydrogen-bond donors (Lipinski definition) is 1. The standard InChI is InChI=1S/C15H22N2O3S/c18-12-13-5-8-16(9-6-13)21(19,20)17-10-7-14-3-1-2-4-15(14)11-17/h1-4,13,18H,5-12H2. The van der Waals surface area contributed by atoms with Crippen LogP contribution in [-0.2, 0) is 23.2 Å². The molecule has 2 heterocycles. The van der Waals surface area contributed by atoms with Crippen LogP contribution < -0.4 is 0 Å². The first-order valence-corrected chi connectivity index (χ1v) is 8.94. The van der Waals surface area contributed by atoms with Gasteiger partial charge in [0.1, 0.15) is 0 Å². The van der Waals surface area contributed by atoms with Gasteiger partial charge in [0.15, 0.2) is 0 Å². The summed E-state index contributed by atoms with van der Waals surface area (Å²) in [5.74, 6) is 0.249. The van der Waals surface area contributed by atoms with Crippen molar-refractivity contribution in [3.05, 3.63) is 35.4 Å². The lowest BCUT2D eigenvalue weighted by molar-refractivity contribution is 0.165. The van der Waals surface area contributed by atoms with Gasteiger partial charge in [-0.1, -0.05) is 24.3 Å². The second-order valence-corrected chi connectivity index (χ2v) is 7.81. The van der Waals surface area contributed by atoms with Crippen molar-refractivity contribution in [3.8, 4) is 0 Å². The third-order valence-corrected chi connectivity index (χ3v) is 6.56. The van der Waals surface area contributed by atoms with Crippen molar-refractivity contribution in [3.63, 3.8) is 0 Å². The van der Waals surface area contributed by atoms with Crippen LogP contribution in [0.3, 0.4) is 0 Å². The number of fused-ring (bicyclic) bond motifs is 1. The van der Waals surface area contributed by atoms with Gasteiger partial charge in [-0.25, -0.2) is 0 Å². The highest BCUT2D eigenvalue weighted by atomic mass is 32.2. The van der Waals surface area contributed by atoms with Crippen molar-refractivity contribution in [2.24, 2.45) is 5.92 Å². The molecule has 6 heteroatoms. The Balaban J connectivity index is 1.72. The molecule has 0 aliphatic carbocycles. The molecule has 1 saturated heterocycles. The Morgan fingerprint density at radius 2 is 1.71 bits per heavy atom. The first-order valence-electron chi connectivity index (χ1n) is 7.54. The Hall–Kier alpha value is -0.950. The van der Waals surface area contributed by atoms with Crippen LogP contribution in [0.4, 0.5) is 0 Å². The minimum Gasteiger partial charge on any atom is -0.396 e. The summed E-state index contributed by atoms with van der Waals surface area (Å²) in [5, 5.41) is 9.16. The smallest absolute Gasteiger partial charge is 0.282 e. The predicted molar refractivity (Wildman–Crippen MR) is 80.9 cm³/mol. The van der Waals surface area contributed by atoms with Gasteiger partial charge in [0.2, 0.25) is 0 Å². The maximum Gasteiger partial charge on any atom is 0.282 e. The van der Waals surface area contributed by atoms with Gasteiger partial charge >= 0.3 is 0 Å². The molecular formula is C15H22N2O3S. The van der Waals surface area contributed by atoms with Gasteiger partial charge < -0.3 is 5.11 Å². The van der Waals surface area contributed by atoms with Gasteiger partial charge in [-0.05, 0) is 36.3 Å². The Kier molecular flexibility index (Phi) is 4.31. The van der Waals surface area contributed by atoms with Gasteiger partial charge in [-0.2, -0.15) is 17.0 Å². The number of hydrogen-bond acceptors (Lipinski definition) is 3. The Labute approximate surface area is 126 Å². The minimum absolute atomic E-state index is 0.158. The third-order valence-electron chi connectivity index (χ3n) is 4.58. The number of nitrogens with zero attached hydrogens (tertiary/aromatic N) is 2. The fourth-order valence-corrected chi connectivity index (χ4v) is 4.78. The van der Waals surface area contributed by atoms with Crippen LogP contribution in [0.1, 0.15) is 24.0 Å². The molecule has 1 fully saturated rings.